The molecule has 0 saturated heterocycles. The standard InChI is InChI=1S/C19H13ClF3NOS/c20-12-1-4-14(5-2-12)26-19(15-8-13(21)3-6-16(15)22)18-17(23)7-11(10-25)9-24-18/h1-9,19,25H,10H2. The topological polar surface area (TPSA) is 33.1 Å². The van der Waals surface area contributed by atoms with E-state index in [1.807, 2.05) is 0 Å². The average Bonchev–Trinajstić information content (AvgIpc) is 2.64. The normalized spacial score (nSPS) is 12.2. The molecule has 0 aliphatic heterocycles. The minimum absolute atomic E-state index is 0.0203. The van der Waals surface area contributed by atoms with Gasteiger partial charge in [-0.3, -0.25) is 4.98 Å². The molecule has 1 N–H and O–H groups in total. The molecule has 0 radical (unpaired) electrons. The van der Waals surface area contributed by atoms with Crippen LogP contribution in [-0.4, -0.2) is 10.1 Å². The Hall–Kier alpha value is -2.02. The first-order chi connectivity index (χ1) is 12.5. The van der Waals surface area contributed by atoms with E-state index < -0.39 is 22.7 Å². The van der Waals surface area contributed by atoms with Crippen LogP contribution in [-0.2, 0) is 6.61 Å². The van der Waals surface area contributed by atoms with E-state index in [1.165, 1.54) is 6.20 Å². The van der Waals surface area contributed by atoms with Crippen molar-refractivity contribution in [1.82, 2.24) is 4.98 Å². The summed E-state index contributed by atoms with van der Waals surface area (Å²) in [5.41, 5.74) is 0.223. The molecule has 1 unspecified atom stereocenters. The van der Waals surface area contributed by atoms with Crippen LogP contribution in [0.2, 0.25) is 5.02 Å². The maximum Gasteiger partial charge on any atom is 0.146 e. The zero-order valence-corrected chi connectivity index (χ0v) is 14.9. The number of aliphatic hydroxyl groups is 1. The van der Waals surface area contributed by atoms with Gasteiger partial charge < -0.3 is 5.11 Å². The van der Waals surface area contributed by atoms with Gasteiger partial charge in [0.25, 0.3) is 0 Å². The molecule has 134 valence electrons. The predicted molar refractivity (Wildman–Crippen MR) is 95.6 cm³/mol. The zero-order valence-electron chi connectivity index (χ0n) is 13.3. The van der Waals surface area contributed by atoms with Crippen LogP contribution >= 0.6 is 23.4 Å². The second-order valence-electron chi connectivity index (χ2n) is 5.49. The van der Waals surface area contributed by atoms with Gasteiger partial charge in [-0.15, -0.1) is 11.8 Å². The molecule has 0 aliphatic carbocycles. The van der Waals surface area contributed by atoms with Gasteiger partial charge in [-0.1, -0.05) is 11.6 Å². The van der Waals surface area contributed by atoms with E-state index in [4.69, 9.17) is 16.7 Å². The third-order valence-corrected chi connectivity index (χ3v) is 5.17. The number of benzene rings is 2. The summed E-state index contributed by atoms with van der Waals surface area (Å²) >= 11 is 7.00. The lowest BCUT2D eigenvalue weighted by molar-refractivity contribution is 0.280. The monoisotopic (exact) mass is 395 g/mol. The highest BCUT2D eigenvalue weighted by Crippen LogP contribution is 2.42. The summed E-state index contributed by atoms with van der Waals surface area (Å²) in [4.78, 5) is 4.73. The fourth-order valence-electron chi connectivity index (χ4n) is 2.40. The van der Waals surface area contributed by atoms with Gasteiger partial charge in [0.15, 0.2) is 0 Å². The highest BCUT2D eigenvalue weighted by atomic mass is 35.5. The van der Waals surface area contributed by atoms with E-state index in [2.05, 4.69) is 4.98 Å². The number of pyridine rings is 1. The van der Waals surface area contributed by atoms with Crippen molar-refractivity contribution < 1.29 is 18.3 Å². The van der Waals surface area contributed by atoms with Gasteiger partial charge in [-0.05, 0) is 54.1 Å². The summed E-state index contributed by atoms with van der Waals surface area (Å²) in [7, 11) is 0. The molecular formula is C19H13ClF3NOS. The highest BCUT2D eigenvalue weighted by Gasteiger charge is 2.25. The SMILES string of the molecule is OCc1cnc(C(Sc2ccc(Cl)cc2)c2cc(F)ccc2F)c(F)c1. The number of aliphatic hydroxyl groups excluding tert-OH is 1. The molecule has 0 aliphatic rings. The first-order valence-corrected chi connectivity index (χ1v) is 8.86. The highest BCUT2D eigenvalue weighted by molar-refractivity contribution is 7.99. The minimum atomic E-state index is -0.917. The van der Waals surface area contributed by atoms with Crippen molar-refractivity contribution in [3.8, 4) is 0 Å². The molecule has 3 aromatic rings. The van der Waals surface area contributed by atoms with Crippen molar-refractivity contribution in [1.29, 1.82) is 0 Å². The van der Waals surface area contributed by atoms with E-state index in [0.29, 0.717) is 15.5 Å². The fourth-order valence-corrected chi connectivity index (χ4v) is 3.68. The smallest absolute Gasteiger partial charge is 0.146 e. The Bertz CT molecular complexity index is 921. The van der Waals surface area contributed by atoms with Gasteiger partial charge in [0.2, 0.25) is 0 Å². The summed E-state index contributed by atoms with van der Waals surface area (Å²) in [6.07, 6.45) is 1.31. The van der Waals surface area contributed by atoms with Crippen LogP contribution in [0.25, 0.3) is 0 Å². The lowest BCUT2D eigenvalue weighted by Crippen LogP contribution is -2.07. The van der Waals surface area contributed by atoms with Crippen molar-refractivity contribution in [3.05, 3.63) is 94.0 Å². The molecule has 7 heteroatoms. The third-order valence-electron chi connectivity index (χ3n) is 3.67. The van der Waals surface area contributed by atoms with Crippen LogP contribution in [0.1, 0.15) is 22.1 Å². The Morgan fingerprint density at radius 2 is 1.73 bits per heavy atom. The molecule has 0 amide bonds. The molecule has 1 heterocycles. The molecule has 3 rings (SSSR count). The lowest BCUT2D eigenvalue weighted by Gasteiger charge is -2.18. The van der Waals surface area contributed by atoms with Crippen molar-refractivity contribution in [2.24, 2.45) is 0 Å². The van der Waals surface area contributed by atoms with Crippen LogP contribution in [0, 0.1) is 17.5 Å². The summed E-state index contributed by atoms with van der Waals surface area (Å²) < 4.78 is 42.6. The molecule has 1 atom stereocenters. The Balaban J connectivity index is 2.09. The maximum atomic E-state index is 14.5. The molecular weight excluding hydrogens is 383 g/mol. The first-order valence-electron chi connectivity index (χ1n) is 7.60. The van der Waals surface area contributed by atoms with Crippen molar-refractivity contribution in [2.75, 3.05) is 0 Å². The molecule has 0 saturated carbocycles. The van der Waals surface area contributed by atoms with Crippen LogP contribution in [0.4, 0.5) is 13.2 Å². The number of nitrogens with zero attached hydrogens (tertiary/aromatic N) is 1. The second-order valence-corrected chi connectivity index (χ2v) is 7.10. The van der Waals surface area contributed by atoms with Gasteiger partial charge in [-0.2, -0.15) is 0 Å². The lowest BCUT2D eigenvalue weighted by atomic mass is 10.1. The second kappa shape index (κ2) is 8.12. The number of hydrogen-bond acceptors (Lipinski definition) is 3. The summed E-state index contributed by atoms with van der Waals surface area (Å²) in [6.45, 7) is -0.368. The minimum Gasteiger partial charge on any atom is -0.392 e. The summed E-state index contributed by atoms with van der Waals surface area (Å²) in [5.74, 6) is -1.99. The van der Waals surface area contributed by atoms with Crippen molar-refractivity contribution in [2.45, 2.75) is 16.8 Å². The van der Waals surface area contributed by atoms with Gasteiger partial charge in [0.05, 0.1) is 17.6 Å². The molecule has 2 nitrogen and oxygen atoms in total. The molecule has 26 heavy (non-hydrogen) atoms. The van der Waals surface area contributed by atoms with E-state index in [0.717, 1.165) is 36.0 Å². The fraction of sp³-hybridized carbons (Fsp3) is 0.105. The van der Waals surface area contributed by atoms with E-state index in [9.17, 15) is 13.2 Å². The molecule has 0 spiro atoms. The summed E-state index contributed by atoms with van der Waals surface area (Å²) in [6, 6.07) is 10.9. The molecule has 2 aromatic carbocycles. The Kier molecular flexibility index (Phi) is 5.86. The Morgan fingerprint density at radius 3 is 2.38 bits per heavy atom. The van der Waals surface area contributed by atoms with Gasteiger partial charge >= 0.3 is 0 Å². The Morgan fingerprint density at radius 1 is 1.00 bits per heavy atom. The van der Waals surface area contributed by atoms with Gasteiger partial charge in [0.1, 0.15) is 17.5 Å². The molecule has 1 aromatic heterocycles. The largest absolute Gasteiger partial charge is 0.392 e. The quantitative estimate of drug-likeness (QED) is 0.577. The number of rotatable bonds is 5. The van der Waals surface area contributed by atoms with Crippen molar-refractivity contribution in [3.63, 3.8) is 0 Å². The van der Waals surface area contributed by atoms with Gasteiger partial charge in [0, 0.05) is 21.7 Å². The van der Waals surface area contributed by atoms with Crippen LogP contribution < -0.4 is 0 Å². The van der Waals surface area contributed by atoms with Crippen molar-refractivity contribution >= 4 is 23.4 Å². The first kappa shape index (κ1) is 18.8. The molecule has 0 fully saturated rings. The number of aromatic nitrogens is 1. The third kappa shape index (κ3) is 4.20. The Labute approximate surface area is 157 Å². The number of thioether (sulfide) groups is 1. The maximum absolute atomic E-state index is 14.5. The van der Waals surface area contributed by atoms with Crippen LogP contribution in [0.5, 0.6) is 0 Å². The zero-order chi connectivity index (χ0) is 18.7. The van der Waals surface area contributed by atoms with E-state index in [1.54, 1.807) is 24.3 Å². The van der Waals surface area contributed by atoms with Crippen LogP contribution in [0.3, 0.4) is 0 Å². The molecule has 0 bridgehead atoms. The number of halogens is 4. The van der Waals surface area contributed by atoms with Crippen LogP contribution in [0.15, 0.2) is 59.6 Å². The van der Waals surface area contributed by atoms with E-state index >= 15 is 0 Å². The van der Waals surface area contributed by atoms with E-state index in [-0.39, 0.29) is 17.9 Å². The predicted octanol–water partition coefficient (Wildman–Crippen LogP) is 5.53. The summed E-state index contributed by atoms with van der Waals surface area (Å²) in [5, 5.41) is 8.73. The number of hydrogen-bond donors (Lipinski definition) is 1. The average molecular weight is 396 g/mol. The van der Waals surface area contributed by atoms with Gasteiger partial charge in [-0.25, -0.2) is 13.2 Å².